The maximum Gasteiger partial charge on any atom is 0.254 e. The third-order valence-corrected chi connectivity index (χ3v) is 7.31. The summed E-state index contributed by atoms with van der Waals surface area (Å²) in [5.41, 5.74) is 0.460. The highest BCUT2D eigenvalue weighted by atomic mass is 32.2. The molecule has 1 fully saturated rings. The van der Waals surface area contributed by atoms with Gasteiger partial charge in [-0.2, -0.15) is 4.31 Å². The fourth-order valence-electron chi connectivity index (χ4n) is 3.46. The van der Waals surface area contributed by atoms with Crippen molar-refractivity contribution in [1.29, 1.82) is 0 Å². The summed E-state index contributed by atoms with van der Waals surface area (Å²) in [6, 6.07) is 6.72. The monoisotopic (exact) mass is 394 g/mol. The largest absolute Gasteiger partial charge is 0.336 e. The summed E-state index contributed by atoms with van der Waals surface area (Å²) in [6.07, 6.45) is 6.79. The molecule has 0 aliphatic carbocycles. The van der Waals surface area contributed by atoms with Crippen molar-refractivity contribution in [2.24, 2.45) is 0 Å². The molecule has 0 spiro atoms. The van der Waals surface area contributed by atoms with Crippen LogP contribution in [-0.4, -0.2) is 49.2 Å². The summed E-state index contributed by atoms with van der Waals surface area (Å²) in [4.78, 5) is 15.2. The van der Waals surface area contributed by atoms with Crippen LogP contribution in [0.25, 0.3) is 0 Å². The molecule has 5 nitrogen and oxygen atoms in total. The normalized spacial score (nSPS) is 17.3. The molecule has 0 bridgehead atoms. The third kappa shape index (κ3) is 5.55. The molecule has 27 heavy (non-hydrogen) atoms. The van der Waals surface area contributed by atoms with Gasteiger partial charge in [0, 0.05) is 31.2 Å². The minimum Gasteiger partial charge on any atom is -0.336 e. The lowest BCUT2D eigenvalue weighted by molar-refractivity contribution is 0.0685. The Balaban J connectivity index is 2.28. The summed E-state index contributed by atoms with van der Waals surface area (Å²) >= 11 is 0. The Morgan fingerprint density at radius 2 is 1.81 bits per heavy atom. The number of rotatable bonds is 8. The van der Waals surface area contributed by atoms with Crippen molar-refractivity contribution in [2.75, 3.05) is 19.6 Å². The number of sulfonamides is 1. The Kier molecular flexibility index (Phi) is 8.29. The molecule has 152 valence electrons. The van der Waals surface area contributed by atoms with Gasteiger partial charge in [0.1, 0.15) is 0 Å². The van der Waals surface area contributed by atoms with Gasteiger partial charge < -0.3 is 4.90 Å². The summed E-state index contributed by atoms with van der Waals surface area (Å²) in [5, 5.41) is 0. The van der Waals surface area contributed by atoms with Gasteiger partial charge in [-0.3, -0.25) is 4.79 Å². The lowest BCUT2D eigenvalue weighted by Gasteiger charge is -2.29. The molecule has 1 amide bonds. The predicted octanol–water partition coefficient (Wildman–Crippen LogP) is 4.29. The van der Waals surface area contributed by atoms with Gasteiger partial charge in [0.15, 0.2) is 0 Å². The van der Waals surface area contributed by atoms with Crippen molar-refractivity contribution in [2.45, 2.75) is 76.7 Å². The predicted molar refractivity (Wildman–Crippen MR) is 109 cm³/mol. The van der Waals surface area contributed by atoms with E-state index < -0.39 is 10.0 Å². The van der Waals surface area contributed by atoms with E-state index >= 15 is 0 Å². The average molecular weight is 395 g/mol. The van der Waals surface area contributed by atoms with Crippen LogP contribution in [0.5, 0.6) is 0 Å². The summed E-state index contributed by atoms with van der Waals surface area (Å²) < 4.78 is 27.7. The minimum absolute atomic E-state index is 0.0780. The molecule has 6 heteroatoms. The van der Waals surface area contributed by atoms with Crippen molar-refractivity contribution in [1.82, 2.24) is 9.21 Å². The number of carbonyl (C=O) groups is 1. The molecule has 1 aromatic carbocycles. The van der Waals surface area contributed by atoms with E-state index in [0.717, 1.165) is 44.9 Å². The van der Waals surface area contributed by atoms with Gasteiger partial charge in [0.05, 0.1) is 4.90 Å². The fraction of sp³-hybridized carbons (Fsp3) is 0.667. The highest BCUT2D eigenvalue weighted by Crippen LogP contribution is 2.22. The topological polar surface area (TPSA) is 57.7 Å². The van der Waals surface area contributed by atoms with Gasteiger partial charge in [-0.05, 0) is 50.8 Å². The second-order valence-electron chi connectivity index (χ2n) is 7.46. The van der Waals surface area contributed by atoms with Gasteiger partial charge in [-0.1, -0.05) is 39.2 Å². The van der Waals surface area contributed by atoms with Gasteiger partial charge in [-0.25, -0.2) is 8.42 Å². The molecule has 1 saturated heterocycles. The van der Waals surface area contributed by atoms with Crippen molar-refractivity contribution in [3.05, 3.63) is 29.8 Å². The van der Waals surface area contributed by atoms with Crippen LogP contribution in [0.3, 0.4) is 0 Å². The molecule has 1 heterocycles. The zero-order valence-corrected chi connectivity index (χ0v) is 17.8. The van der Waals surface area contributed by atoms with Crippen LogP contribution < -0.4 is 0 Å². The standard InChI is InChI=1S/C21H34N2O3S/c1-4-6-16-23(18(3)5-2)21(24)19-12-11-13-20(17-19)27(25,26)22-14-9-7-8-10-15-22/h11-13,17-18H,4-10,14-16H2,1-3H3. The van der Waals surface area contributed by atoms with Crippen LogP contribution in [0.15, 0.2) is 29.2 Å². The SMILES string of the molecule is CCCCN(C(=O)c1cccc(S(=O)(=O)N2CCCCCC2)c1)C(C)CC. The zero-order valence-electron chi connectivity index (χ0n) is 17.0. The number of amides is 1. The number of hydrogen-bond acceptors (Lipinski definition) is 3. The van der Waals surface area contributed by atoms with E-state index in [4.69, 9.17) is 0 Å². The first-order valence-corrected chi connectivity index (χ1v) is 11.8. The first-order valence-electron chi connectivity index (χ1n) is 10.3. The van der Waals surface area contributed by atoms with E-state index in [9.17, 15) is 13.2 Å². The number of carbonyl (C=O) groups excluding carboxylic acids is 1. The Morgan fingerprint density at radius 3 is 2.41 bits per heavy atom. The smallest absolute Gasteiger partial charge is 0.254 e. The van der Waals surface area contributed by atoms with E-state index in [1.807, 2.05) is 11.8 Å². The Bertz CT molecular complexity index is 710. The van der Waals surface area contributed by atoms with Crippen molar-refractivity contribution >= 4 is 15.9 Å². The van der Waals surface area contributed by atoms with Crippen LogP contribution in [0, 0.1) is 0 Å². The molecule has 1 unspecified atom stereocenters. The molecule has 0 N–H and O–H groups in total. The average Bonchev–Trinajstić information content (AvgIpc) is 2.98. The molecule has 0 radical (unpaired) electrons. The van der Waals surface area contributed by atoms with Gasteiger partial charge in [0.25, 0.3) is 5.91 Å². The van der Waals surface area contributed by atoms with Crippen LogP contribution in [0.2, 0.25) is 0 Å². The third-order valence-electron chi connectivity index (χ3n) is 5.42. The second kappa shape index (κ2) is 10.2. The first kappa shape index (κ1) is 21.9. The van der Waals surface area contributed by atoms with Crippen molar-refractivity contribution in [3.63, 3.8) is 0 Å². The molecule has 2 rings (SSSR count). The Morgan fingerprint density at radius 1 is 1.15 bits per heavy atom. The summed E-state index contributed by atoms with van der Waals surface area (Å²) in [5.74, 6) is -0.0780. The van der Waals surface area contributed by atoms with E-state index in [1.54, 1.807) is 28.6 Å². The first-order chi connectivity index (χ1) is 12.9. The van der Waals surface area contributed by atoms with Crippen LogP contribution in [0.4, 0.5) is 0 Å². The van der Waals surface area contributed by atoms with E-state index in [1.165, 1.54) is 0 Å². The highest BCUT2D eigenvalue weighted by Gasteiger charge is 2.27. The molecule has 0 saturated carbocycles. The quantitative estimate of drug-likeness (QED) is 0.661. The maximum atomic E-state index is 13.1. The molecular formula is C21H34N2O3S. The maximum absolute atomic E-state index is 13.1. The number of nitrogens with zero attached hydrogens (tertiary/aromatic N) is 2. The lowest BCUT2D eigenvalue weighted by Crippen LogP contribution is -2.39. The lowest BCUT2D eigenvalue weighted by atomic mass is 10.1. The van der Waals surface area contributed by atoms with Crippen molar-refractivity contribution in [3.8, 4) is 0 Å². The van der Waals surface area contributed by atoms with E-state index in [0.29, 0.717) is 25.2 Å². The van der Waals surface area contributed by atoms with Crippen LogP contribution in [-0.2, 0) is 10.0 Å². The van der Waals surface area contributed by atoms with Crippen LogP contribution >= 0.6 is 0 Å². The number of unbranched alkanes of at least 4 members (excludes halogenated alkanes) is 1. The summed E-state index contributed by atoms with van der Waals surface area (Å²) in [7, 11) is -3.55. The molecule has 1 aromatic rings. The molecular weight excluding hydrogens is 360 g/mol. The zero-order chi connectivity index (χ0) is 19.9. The fourth-order valence-corrected chi connectivity index (χ4v) is 5.02. The molecule has 1 atom stereocenters. The number of benzene rings is 1. The highest BCUT2D eigenvalue weighted by molar-refractivity contribution is 7.89. The minimum atomic E-state index is -3.55. The molecule has 1 aliphatic heterocycles. The van der Waals surface area contributed by atoms with Gasteiger partial charge in [-0.15, -0.1) is 0 Å². The van der Waals surface area contributed by atoms with Gasteiger partial charge in [0.2, 0.25) is 10.0 Å². The Hall–Kier alpha value is -1.40. The summed E-state index contributed by atoms with van der Waals surface area (Å²) in [6.45, 7) is 8.05. The van der Waals surface area contributed by atoms with E-state index in [2.05, 4.69) is 13.8 Å². The van der Waals surface area contributed by atoms with Crippen LogP contribution in [0.1, 0.15) is 76.1 Å². The molecule has 0 aromatic heterocycles. The number of hydrogen-bond donors (Lipinski definition) is 0. The Labute approximate surface area is 164 Å². The van der Waals surface area contributed by atoms with Crippen molar-refractivity contribution < 1.29 is 13.2 Å². The second-order valence-corrected chi connectivity index (χ2v) is 9.39. The van der Waals surface area contributed by atoms with E-state index in [-0.39, 0.29) is 16.8 Å². The molecule has 1 aliphatic rings. The van der Waals surface area contributed by atoms with Gasteiger partial charge >= 0.3 is 0 Å².